The van der Waals surface area contributed by atoms with Crippen molar-refractivity contribution in [1.82, 2.24) is 10.1 Å². The predicted octanol–water partition coefficient (Wildman–Crippen LogP) is 2.72. The molecular weight excluding hydrogens is 290 g/mol. The Balaban J connectivity index is 2.06. The summed E-state index contributed by atoms with van der Waals surface area (Å²) in [5.41, 5.74) is 0.628. The molecule has 8 nitrogen and oxygen atoms in total. The number of phenolic OH excluding ortho intramolecular Hbond substituents is 2. The van der Waals surface area contributed by atoms with Gasteiger partial charge in [0, 0.05) is 23.9 Å². The number of aromatic hydroxyl groups is 2. The Hall–Kier alpha value is -3.42. The molecule has 0 aliphatic heterocycles. The van der Waals surface area contributed by atoms with E-state index >= 15 is 0 Å². The van der Waals surface area contributed by atoms with E-state index in [0.29, 0.717) is 11.4 Å². The minimum Gasteiger partial charge on any atom is -0.504 e. The fraction of sp³-hybridized carbons (Fsp3) is 0. The second-order valence-electron chi connectivity index (χ2n) is 4.41. The summed E-state index contributed by atoms with van der Waals surface area (Å²) in [6, 6.07) is 9.07. The van der Waals surface area contributed by atoms with Crippen LogP contribution in [0.1, 0.15) is 0 Å². The zero-order valence-electron chi connectivity index (χ0n) is 11.0. The normalized spacial score (nSPS) is 10.5. The number of nitro benzene ring substituents is 1. The van der Waals surface area contributed by atoms with Crippen LogP contribution in [0.3, 0.4) is 0 Å². The van der Waals surface area contributed by atoms with Crippen LogP contribution in [0.5, 0.6) is 11.5 Å². The Kier molecular flexibility index (Phi) is 3.18. The summed E-state index contributed by atoms with van der Waals surface area (Å²) in [6.45, 7) is 0. The van der Waals surface area contributed by atoms with E-state index in [1.54, 1.807) is 24.4 Å². The molecule has 110 valence electrons. The SMILES string of the molecule is O=[N+]([O-])c1cc(-c2cc(-c3ccccn3)no2)cc(O)c1O. The van der Waals surface area contributed by atoms with E-state index in [1.807, 2.05) is 0 Å². The van der Waals surface area contributed by atoms with E-state index in [4.69, 9.17) is 4.52 Å². The Bertz CT molecular complexity index is 845. The molecule has 0 fully saturated rings. The number of nitrogens with zero attached hydrogens (tertiary/aromatic N) is 3. The standard InChI is InChI=1S/C14H9N3O5/c18-12-6-8(5-11(14(12)19)17(20)21)13-7-10(16-22-13)9-3-1-2-4-15-9/h1-7,18-19H. The van der Waals surface area contributed by atoms with Gasteiger partial charge in [0.25, 0.3) is 0 Å². The Morgan fingerprint density at radius 3 is 2.64 bits per heavy atom. The topological polar surface area (TPSA) is 123 Å². The van der Waals surface area contributed by atoms with Gasteiger partial charge in [-0.15, -0.1) is 0 Å². The third-order valence-corrected chi connectivity index (χ3v) is 2.99. The number of rotatable bonds is 3. The predicted molar refractivity (Wildman–Crippen MR) is 75.2 cm³/mol. The zero-order valence-corrected chi connectivity index (χ0v) is 11.0. The summed E-state index contributed by atoms with van der Waals surface area (Å²) >= 11 is 0. The van der Waals surface area contributed by atoms with Crippen LogP contribution in [-0.4, -0.2) is 25.3 Å². The Morgan fingerprint density at radius 1 is 1.14 bits per heavy atom. The number of aromatic nitrogens is 2. The van der Waals surface area contributed by atoms with Crippen LogP contribution in [0, 0.1) is 10.1 Å². The summed E-state index contributed by atoms with van der Waals surface area (Å²) in [5, 5.41) is 33.8. The molecular formula is C14H9N3O5. The second-order valence-corrected chi connectivity index (χ2v) is 4.41. The maximum Gasteiger partial charge on any atom is 0.315 e. The third-order valence-electron chi connectivity index (χ3n) is 2.99. The molecule has 0 amide bonds. The monoisotopic (exact) mass is 299 g/mol. The number of nitro groups is 1. The van der Waals surface area contributed by atoms with Gasteiger partial charge in [-0.1, -0.05) is 11.2 Å². The van der Waals surface area contributed by atoms with Crippen LogP contribution in [0.4, 0.5) is 5.69 Å². The van der Waals surface area contributed by atoms with E-state index in [1.165, 1.54) is 6.07 Å². The second kappa shape index (κ2) is 5.17. The van der Waals surface area contributed by atoms with Crippen molar-refractivity contribution >= 4 is 5.69 Å². The van der Waals surface area contributed by atoms with E-state index in [0.717, 1.165) is 12.1 Å². The van der Waals surface area contributed by atoms with Crippen LogP contribution in [0.2, 0.25) is 0 Å². The summed E-state index contributed by atoms with van der Waals surface area (Å²) in [5.74, 6) is -1.20. The van der Waals surface area contributed by atoms with Crippen LogP contribution >= 0.6 is 0 Å². The molecule has 0 saturated heterocycles. The van der Waals surface area contributed by atoms with Crippen molar-refractivity contribution in [2.24, 2.45) is 0 Å². The van der Waals surface area contributed by atoms with Crippen molar-refractivity contribution in [3.8, 4) is 34.2 Å². The van der Waals surface area contributed by atoms with Crippen molar-refractivity contribution in [3.63, 3.8) is 0 Å². The molecule has 0 spiro atoms. The summed E-state index contributed by atoms with van der Waals surface area (Å²) in [6.07, 6.45) is 1.60. The van der Waals surface area contributed by atoms with Crippen LogP contribution in [-0.2, 0) is 0 Å². The average molecular weight is 299 g/mol. The number of benzene rings is 1. The largest absolute Gasteiger partial charge is 0.504 e. The third kappa shape index (κ3) is 2.33. The minimum atomic E-state index is -0.797. The maximum atomic E-state index is 10.9. The van der Waals surface area contributed by atoms with Crippen molar-refractivity contribution in [3.05, 3.63) is 52.7 Å². The molecule has 0 atom stereocenters. The van der Waals surface area contributed by atoms with Gasteiger partial charge in [0.15, 0.2) is 11.5 Å². The molecule has 8 heteroatoms. The van der Waals surface area contributed by atoms with Gasteiger partial charge in [-0.3, -0.25) is 15.1 Å². The number of hydrogen-bond acceptors (Lipinski definition) is 7. The quantitative estimate of drug-likeness (QED) is 0.433. The highest BCUT2D eigenvalue weighted by Crippen LogP contribution is 2.39. The highest BCUT2D eigenvalue weighted by atomic mass is 16.6. The van der Waals surface area contributed by atoms with Gasteiger partial charge in [0.2, 0.25) is 5.75 Å². The van der Waals surface area contributed by atoms with Crippen molar-refractivity contribution in [2.75, 3.05) is 0 Å². The molecule has 1 aromatic carbocycles. The molecule has 0 saturated carbocycles. The summed E-state index contributed by atoms with van der Waals surface area (Å²) in [7, 11) is 0. The van der Waals surface area contributed by atoms with Crippen molar-refractivity contribution < 1.29 is 19.7 Å². The highest BCUT2D eigenvalue weighted by molar-refractivity contribution is 5.71. The zero-order chi connectivity index (χ0) is 15.7. The molecule has 0 bridgehead atoms. The van der Waals surface area contributed by atoms with Crippen LogP contribution in [0.15, 0.2) is 47.1 Å². The number of hydrogen-bond donors (Lipinski definition) is 2. The summed E-state index contributed by atoms with van der Waals surface area (Å²) < 4.78 is 5.13. The lowest BCUT2D eigenvalue weighted by atomic mass is 10.1. The van der Waals surface area contributed by atoms with Gasteiger partial charge >= 0.3 is 5.69 Å². The fourth-order valence-electron chi connectivity index (χ4n) is 1.93. The van der Waals surface area contributed by atoms with Gasteiger partial charge in [0.1, 0.15) is 5.69 Å². The number of pyridine rings is 1. The van der Waals surface area contributed by atoms with Gasteiger partial charge in [-0.2, -0.15) is 0 Å². The molecule has 0 radical (unpaired) electrons. The van der Waals surface area contributed by atoms with E-state index < -0.39 is 22.1 Å². The highest BCUT2D eigenvalue weighted by Gasteiger charge is 2.21. The first kappa shape index (κ1) is 13.6. The van der Waals surface area contributed by atoms with Crippen molar-refractivity contribution in [1.29, 1.82) is 0 Å². The van der Waals surface area contributed by atoms with Crippen LogP contribution in [0.25, 0.3) is 22.7 Å². The molecule has 2 aromatic heterocycles. The molecule has 22 heavy (non-hydrogen) atoms. The minimum absolute atomic E-state index is 0.207. The van der Waals surface area contributed by atoms with E-state index in [-0.39, 0.29) is 11.3 Å². The van der Waals surface area contributed by atoms with Gasteiger partial charge in [-0.25, -0.2) is 0 Å². The molecule has 0 unspecified atom stereocenters. The fourth-order valence-corrected chi connectivity index (χ4v) is 1.93. The molecule has 3 rings (SSSR count). The molecule has 0 aliphatic carbocycles. The Labute approximate surface area is 123 Å². The van der Waals surface area contributed by atoms with Crippen LogP contribution < -0.4 is 0 Å². The maximum absolute atomic E-state index is 10.9. The average Bonchev–Trinajstić information content (AvgIpc) is 3.00. The first-order valence-corrected chi connectivity index (χ1v) is 6.15. The Morgan fingerprint density at radius 2 is 1.95 bits per heavy atom. The first-order valence-electron chi connectivity index (χ1n) is 6.15. The first-order chi connectivity index (χ1) is 10.6. The van der Waals surface area contributed by atoms with Gasteiger partial charge in [0.05, 0.1) is 10.6 Å². The molecule has 2 heterocycles. The van der Waals surface area contributed by atoms with Crippen molar-refractivity contribution in [2.45, 2.75) is 0 Å². The van der Waals surface area contributed by atoms with Gasteiger partial charge in [-0.05, 0) is 18.2 Å². The smallest absolute Gasteiger partial charge is 0.315 e. The lowest BCUT2D eigenvalue weighted by Gasteiger charge is -2.01. The lowest BCUT2D eigenvalue weighted by molar-refractivity contribution is -0.385. The molecule has 0 aliphatic rings. The van der Waals surface area contributed by atoms with E-state index in [9.17, 15) is 20.3 Å². The number of phenols is 2. The van der Waals surface area contributed by atoms with Gasteiger partial charge < -0.3 is 14.7 Å². The van der Waals surface area contributed by atoms with E-state index in [2.05, 4.69) is 10.1 Å². The molecule has 2 N–H and O–H groups in total. The molecule has 3 aromatic rings. The summed E-state index contributed by atoms with van der Waals surface area (Å²) in [4.78, 5) is 14.2. The lowest BCUT2D eigenvalue weighted by Crippen LogP contribution is -1.89.